The Kier molecular flexibility index (Phi) is 2.82. The first-order chi connectivity index (χ1) is 6.59. The summed E-state index contributed by atoms with van der Waals surface area (Å²) in [4.78, 5) is 2.03. The van der Waals surface area contributed by atoms with Gasteiger partial charge in [0.05, 0.1) is 6.10 Å². The van der Waals surface area contributed by atoms with E-state index in [0.717, 1.165) is 34.6 Å². The van der Waals surface area contributed by atoms with E-state index in [9.17, 15) is 5.11 Å². The Morgan fingerprint density at radius 2 is 2.14 bits per heavy atom. The molecule has 1 aliphatic carbocycles. The van der Waals surface area contributed by atoms with E-state index in [1.54, 1.807) is 0 Å². The lowest BCUT2D eigenvalue weighted by molar-refractivity contribution is 0.158. The third-order valence-electron chi connectivity index (χ3n) is 2.91. The van der Waals surface area contributed by atoms with Crippen LogP contribution in [0.5, 0.6) is 0 Å². The zero-order chi connectivity index (χ0) is 10.3. The minimum Gasteiger partial charge on any atom is -0.393 e. The Hall–Kier alpha value is -0.120. The number of fused-ring (bicyclic) bond motifs is 1. The molecule has 0 saturated heterocycles. The van der Waals surface area contributed by atoms with Crippen molar-refractivity contribution in [1.29, 1.82) is 0 Å². The molecule has 0 fully saturated rings. The maximum atomic E-state index is 9.56. The fraction of sp³-hybridized carbons (Fsp3) is 0.455. The fourth-order valence-electron chi connectivity index (χ4n) is 1.99. The van der Waals surface area contributed by atoms with Gasteiger partial charge in [-0.05, 0) is 48.9 Å². The summed E-state index contributed by atoms with van der Waals surface area (Å²) in [6.07, 6.45) is 2.35. The van der Waals surface area contributed by atoms with Gasteiger partial charge < -0.3 is 5.11 Å². The summed E-state index contributed by atoms with van der Waals surface area (Å²) in [5, 5.41) is 9.56. The lowest BCUT2D eigenvalue weighted by Crippen LogP contribution is -2.19. The molecule has 0 aliphatic heterocycles. The molecule has 14 heavy (non-hydrogen) atoms. The molecule has 1 aromatic rings. The average molecular weight is 226 g/mol. The van der Waals surface area contributed by atoms with Gasteiger partial charge in [-0.1, -0.05) is 0 Å². The van der Waals surface area contributed by atoms with Crippen LogP contribution in [0.3, 0.4) is 0 Å². The van der Waals surface area contributed by atoms with Gasteiger partial charge in [0, 0.05) is 9.79 Å². The largest absolute Gasteiger partial charge is 0.393 e. The zero-order valence-corrected chi connectivity index (χ0v) is 9.91. The van der Waals surface area contributed by atoms with Crippen LogP contribution in [0.2, 0.25) is 0 Å². The number of rotatable bonds is 0. The molecular weight excluding hydrogens is 212 g/mol. The molecule has 1 N–H and O–H groups in total. The number of hydrogen-bond donors (Lipinski definition) is 3. The van der Waals surface area contributed by atoms with Gasteiger partial charge in [0.25, 0.3) is 0 Å². The quantitative estimate of drug-likeness (QED) is 0.580. The summed E-state index contributed by atoms with van der Waals surface area (Å²) < 4.78 is 0. The van der Waals surface area contributed by atoms with Gasteiger partial charge in [-0.25, -0.2) is 0 Å². The topological polar surface area (TPSA) is 20.2 Å². The molecule has 1 aromatic carbocycles. The normalized spacial score (nSPS) is 20.7. The van der Waals surface area contributed by atoms with Gasteiger partial charge in [-0.3, -0.25) is 0 Å². The molecule has 2 rings (SSSR count). The smallest absolute Gasteiger partial charge is 0.0583 e. The van der Waals surface area contributed by atoms with Crippen molar-refractivity contribution in [2.24, 2.45) is 0 Å². The van der Waals surface area contributed by atoms with E-state index in [1.807, 2.05) is 6.92 Å². The van der Waals surface area contributed by atoms with Crippen molar-refractivity contribution in [3.8, 4) is 0 Å². The number of hydrogen-bond acceptors (Lipinski definition) is 3. The minimum absolute atomic E-state index is 0.189. The standard InChI is InChI=1S/C11H14OS2/c1-6-10(13)5-7-4-8(12)2-3-9(7)11(6)14/h5,8,12-14H,2-4H2,1H3. The van der Waals surface area contributed by atoms with Crippen molar-refractivity contribution < 1.29 is 5.11 Å². The maximum absolute atomic E-state index is 9.56. The lowest BCUT2D eigenvalue weighted by Gasteiger charge is -2.23. The van der Waals surface area contributed by atoms with Crippen molar-refractivity contribution in [3.63, 3.8) is 0 Å². The molecule has 0 bridgehead atoms. The summed E-state index contributed by atoms with van der Waals surface area (Å²) in [5.74, 6) is 0. The van der Waals surface area contributed by atoms with Crippen LogP contribution in [0.1, 0.15) is 23.1 Å². The van der Waals surface area contributed by atoms with E-state index < -0.39 is 0 Å². The molecule has 0 aromatic heterocycles. The highest BCUT2D eigenvalue weighted by atomic mass is 32.1. The highest BCUT2D eigenvalue weighted by Gasteiger charge is 2.20. The van der Waals surface area contributed by atoms with Crippen LogP contribution in [0.15, 0.2) is 15.9 Å². The Morgan fingerprint density at radius 3 is 2.86 bits per heavy atom. The highest BCUT2D eigenvalue weighted by Crippen LogP contribution is 2.32. The van der Waals surface area contributed by atoms with Gasteiger partial charge in [-0.2, -0.15) is 0 Å². The predicted octanol–water partition coefficient (Wildman–Crippen LogP) is 2.42. The Bertz CT molecular complexity index is 374. The summed E-state index contributed by atoms with van der Waals surface area (Å²) in [5.41, 5.74) is 3.66. The number of aliphatic hydroxyl groups excluding tert-OH is 1. The SMILES string of the molecule is Cc1c(S)cc2c(c1S)CCC(O)C2. The predicted molar refractivity (Wildman–Crippen MR) is 63.7 cm³/mol. The van der Waals surface area contributed by atoms with Crippen molar-refractivity contribution in [2.45, 2.75) is 42.1 Å². The molecule has 3 heteroatoms. The van der Waals surface area contributed by atoms with Crippen LogP contribution in [0.25, 0.3) is 0 Å². The first-order valence-corrected chi connectivity index (χ1v) is 5.70. The summed E-state index contributed by atoms with van der Waals surface area (Å²) >= 11 is 8.92. The molecule has 1 atom stereocenters. The van der Waals surface area contributed by atoms with Crippen LogP contribution in [-0.2, 0) is 12.8 Å². The molecule has 0 radical (unpaired) electrons. The van der Waals surface area contributed by atoms with Gasteiger partial charge >= 0.3 is 0 Å². The van der Waals surface area contributed by atoms with E-state index >= 15 is 0 Å². The first-order valence-electron chi connectivity index (χ1n) is 4.81. The first kappa shape index (κ1) is 10.4. The molecule has 0 amide bonds. The van der Waals surface area contributed by atoms with Crippen LogP contribution in [0.4, 0.5) is 0 Å². The monoisotopic (exact) mass is 226 g/mol. The fourth-order valence-corrected chi connectivity index (χ4v) is 2.72. The molecule has 1 nitrogen and oxygen atoms in total. The second-order valence-corrected chi connectivity index (χ2v) is 4.83. The third kappa shape index (κ3) is 1.69. The Balaban J connectivity index is 2.54. The Labute approximate surface area is 95.4 Å². The summed E-state index contributed by atoms with van der Waals surface area (Å²) in [6.45, 7) is 2.04. The van der Waals surface area contributed by atoms with E-state index in [0.29, 0.717) is 0 Å². The van der Waals surface area contributed by atoms with Crippen LogP contribution in [-0.4, -0.2) is 11.2 Å². The van der Waals surface area contributed by atoms with Gasteiger partial charge in [0.2, 0.25) is 0 Å². The summed E-state index contributed by atoms with van der Waals surface area (Å²) in [7, 11) is 0. The van der Waals surface area contributed by atoms with E-state index in [2.05, 4.69) is 31.3 Å². The minimum atomic E-state index is -0.189. The van der Waals surface area contributed by atoms with E-state index in [-0.39, 0.29) is 6.10 Å². The van der Waals surface area contributed by atoms with E-state index in [1.165, 1.54) is 11.1 Å². The van der Waals surface area contributed by atoms with Crippen molar-refractivity contribution in [3.05, 3.63) is 22.8 Å². The van der Waals surface area contributed by atoms with Crippen LogP contribution >= 0.6 is 25.3 Å². The van der Waals surface area contributed by atoms with Gasteiger partial charge in [0.1, 0.15) is 0 Å². The van der Waals surface area contributed by atoms with Gasteiger partial charge in [0.15, 0.2) is 0 Å². The Morgan fingerprint density at radius 1 is 1.43 bits per heavy atom. The summed E-state index contributed by atoms with van der Waals surface area (Å²) in [6, 6.07) is 2.07. The highest BCUT2D eigenvalue weighted by molar-refractivity contribution is 7.81. The number of benzene rings is 1. The average Bonchev–Trinajstić information content (AvgIpc) is 2.14. The molecule has 0 heterocycles. The second-order valence-electron chi connectivity index (χ2n) is 3.90. The lowest BCUT2D eigenvalue weighted by atomic mass is 9.88. The molecular formula is C11H14OS2. The zero-order valence-electron chi connectivity index (χ0n) is 8.12. The van der Waals surface area contributed by atoms with Crippen LogP contribution < -0.4 is 0 Å². The van der Waals surface area contributed by atoms with E-state index in [4.69, 9.17) is 0 Å². The van der Waals surface area contributed by atoms with Crippen molar-refractivity contribution >= 4 is 25.3 Å². The van der Waals surface area contributed by atoms with Crippen LogP contribution in [0, 0.1) is 6.92 Å². The number of thiol groups is 2. The molecule has 1 aliphatic rings. The van der Waals surface area contributed by atoms with Gasteiger partial charge in [-0.15, -0.1) is 25.3 Å². The van der Waals surface area contributed by atoms with Crippen molar-refractivity contribution in [2.75, 3.05) is 0 Å². The van der Waals surface area contributed by atoms with Crippen molar-refractivity contribution in [1.82, 2.24) is 0 Å². The maximum Gasteiger partial charge on any atom is 0.0583 e. The second kappa shape index (κ2) is 3.80. The molecule has 0 saturated carbocycles. The molecule has 76 valence electrons. The number of aliphatic hydroxyl groups is 1. The third-order valence-corrected chi connectivity index (χ3v) is 3.98. The molecule has 0 spiro atoms. The molecule has 1 unspecified atom stereocenters.